The fourth-order valence-corrected chi connectivity index (χ4v) is 4.23. The van der Waals surface area contributed by atoms with Crippen molar-refractivity contribution in [2.45, 2.75) is 39.2 Å². The van der Waals surface area contributed by atoms with Crippen molar-refractivity contribution in [1.29, 1.82) is 0 Å². The number of carbonyl (C=O) groups excluding carboxylic acids is 2. The van der Waals surface area contributed by atoms with Gasteiger partial charge in [0.15, 0.2) is 5.60 Å². The maximum absolute atomic E-state index is 13.0. The number of amides is 2. The van der Waals surface area contributed by atoms with E-state index in [-0.39, 0.29) is 17.8 Å². The second-order valence-electron chi connectivity index (χ2n) is 8.71. The average molecular weight is 448 g/mol. The molecule has 2 heterocycles. The van der Waals surface area contributed by atoms with Crippen molar-refractivity contribution in [3.8, 4) is 5.75 Å². The fraction of sp³-hybridized carbons (Fsp3) is 0.609. The van der Waals surface area contributed by atoms with Crippen LogP contribution in [0.4, 0.5) is 10.5 Å². The highest BCUT2D eigenvalue weighted by Gasteiger charge is 2.36. The molecule has 1 N–H and O–H groups in total. The molecule has 3 rings (SSSR count). The van der Waals surface area contributed by atoms with Crippen LogP contribution in [0.2, 0.25) is 0 Å². The topological polar surface area (TPSA) is 99.6 Å². The zero-order chi connectivity index (χ0) is 23.3. The summed E-state index contributed by atoms with van der Waals surface area (Å²) >= 11 is 0. The van der Waals surface area contributed by atoms with Crippen LogP contribution in [-0.4, -0.2) is 84.4 Å². The minimum absolute atomic E-state index is 0.143. The van der Waals surface area contributed by atoms with E-state index in [4.69, 9.17) is 14.6 Å². The van der Waals surface area contributed by atoms with Crippen molar-refractivity contribution < 1.29 is 29.0 Å². The van der Waals surface area contributed by atoms with Gasteiger partial charge in [-0.1, -0.05) is 6.07 Å². The van der Waals surface area contributed by atoms with Gasteiger partial charge in [-0.05, 0) is 45.7 Å². The molecule has 2 saturated heterocycles. The highest BCUT2D eigenvalue weighted by molar-refractivity contribution is 5.85. The van der Waals surface area contributed by atoms with E-state index in [1.165, 1.54) is 4.90 Å². The van der Waals surface area contributed by atoms with Crippen LogP contribution in [0.1, 0.15) is 33.6 Å². The molecule has 2 fully saturated rings. The molecule has 0 spiro atoms. The lowest BCUT2D eigenvalue weighted by atomic mass is 9.97. The Labute approximate surface area is 188 Å². The lowest BCUT2D eigenvalue weighted by Crippen LogP contribution is -2.56. The van der Waals surface area contributed by atoms with Gasteiger partial charge in [-0.25, -0.2) is 4.79 Å². The summed E-state index contributed by atoms with van der Waals surface area (Å²) in [6, 6.07) is 7.56. The Morgan fingerprint density at radius 1 is 1.09 bits per heavy atom. The molecule has 0 radical (unpaired) electrons. The van der Waals surface area contributed by atoms with Crippen molar-refractivity contribution >= 4 is 23.7 Å². The molecule has 0 aliphatic carbocycles. The van der Waals surface area contributed by atoms with Crippen LogP contribution in [0.25, 0.3) is 0 Å². The summed E-state index contributed by atoms with van der Waals surface area (Å²) in [4.78, 5) is 41.4. The molecule has 0 aromatic heterocycles. The van der Waals surface area contributed by atoms with Crippen molar-refractivity contribution in [3.63, 3.8) is 0 Å². The summed E-state index contributed by atoms with van der Waals surface area (Å²) in [6.45, 7) is 8.37. The van der Waals surface area contributed by atoms with Gasteiger partial charge >= 0.3 is 12.1 Å². The van der Waals surface area contributed by atoms with Crippen molar-refractivity contribution in [2.24, 2.45) is 5.92 Å². The van der Waals surface area contributed by atoms with Crippen molar-refractivity contribution in [1.82, 2.24) is 9.80 Å². The van der Waals surface area contributed by atoms with E-state index in [0.29, 0.717) is 45.1 Å². The van der Waals surface area contributed by atoms with E-state index in [0.717, 1.165) is 25.1 Å². The molecule has 9 heteroatoms. The molecule has 1 unspecified atom stereocenters. The number of esters is 1. The number of rotatable bonds is 6. The van der Waals surface area contributed by atoms with Crippen LogP contribution < -0.4 is 9.64 Å². The number of piperazine rings is 1. The molecule has 1 aromatic carbocycles. The summed E-state index contributed by atoms with van der Waals surface area (Å²) in [5, 5.41) is 9.09. The number of carbonyl (C=O) groups is 3. The first-order valence-electron chi connectivity index (χ1n) is 11.2. The number of hydrogen-bond donors (Lipinski definition) is 1. The molecule has 2 aliphatic heterocycles. The van der Waals surface area contributed by atoms with E-state index < -0.39 is 11.7 Å². The Morgan fingerprint density at radius 3 is 2.44 bits per heavy atom. The Balaban J connectivity index is 1.64. The molecule has 1 atom stereocenters. The van der Waals surface area contributed by atoms with Crippen molar-refractivity contribution in [3.05, 3.63) is 24.3 Å². The average Bonchev–Trinajstić information content (AvgIpc) is 2.78. The van der Waals surface area contributed by atoms with Crippen LogP contribution in [0.5, 0.6) is 5.75 Å². The predicted octanol–water partition coefficient (Wildman–Crippen LogP) is 2.45. The highest BCUT2D eigenvalue weighted by atomic mass is 16.5. The summed E-state index contributed by atoms with van der Waals surface area (Å²) in [5.41, 5.74) is -0.158. The normalized spacial score (nSPS) is 19.5. The van der Waals surface area contributed by atoms with Crippen LogP contribution in [0.15, 0.2) is 24.3 Å². The molecular formula is C23H33N3O6. The maximum atomic E-state index is 13.0. The largest absolute Gasteiger partial charge is 0.478 e. The zero-order valence-corrected chi connectivity index (χ0v) is 19.1. The number of anilines is 1. The van der Waals surface area contributed by atoms with Gasteiger partial charge in [0.2, 0.25) is 0 Å². The molecule has 176 valence electrons. The number of piperidine rings is 1. The van der Waals surface area contributed by atoms with Gasteiger partial charge in [0.25, 0.3) is 5.91 Å². The summed E-state index contributed by atoms with van der Waals surface area (Å²) in [7, 11) is 0. The standard InChI is InChI=1S/C23H33N3O6/c1-4-31-20(27)17-7-6-10-26(16-17)18-8-5-9-19(15-18)32-23(2,3)21(28)24-11-13-25(14-12-24)22(29)30/h5,8-9,15,17H,4,6-7,10-14,16H2,1-3H3,(H,29,30). The summed E-state index contributed by atoms with van der Waals surface area (Å²) in [5.74, 6) is 0.103. The van der Waals surface area contributed by atoms with Gasteiger partial charge in [-0.2, -0.15) is 0 Å². The lowest BCUT2D eigenvalue weighted by Gasteiger charge is -2.37. The second-order valence-corrected chi connectivity index (χ2v) is 8.71. The monoisotopic (exact) mass is 447 g/mol. The molecule has 0 saturated carbocycles. The van der Waals surface area contributed by atoms with Crippen LogP contribution >= 0.6 is 0 Å². The van der Waals surface area contributed by atoms with Gasteiger partial charge < -0.3 is 29.3 Å². The quantitative estimate of drug-likeness (QED) is 0.669. The first-order valence-corrected chi connectivity index (χ1v) is 11.2. The minimum Gasteiger partial charge on any atom is -0.478 e. The Morgan fingerprint density at radius 2 is 1.78 bits per heavy atom. The Bertz CT molecular complexity index is 835. The fourth-order valence-electron chi connectivity index (χ4n) is 4.23. The zero-order valence-electron chi connectivity index (χ0n) is 19.1. The van der Waals surface area contributed by atoms with Gasteiger partial charge in [-0.3, -0.25) is 9.59 Å². The number of benzene rings is 1. The van der Waals surface area contributed by atoms with E-state index in [1.807, 2.05) is 31.2 Å². The maximum Gasteiger partial charge on any atom is 0.407 e. The molecular weight excluding hydrogens is 414 g/mol. The Hall–Kier alpha value is -2.97. The smallest absolute Gasteiger partial charge is 0.407 e. The number of ether oxygens (including phenoxy) is 2. The third kappa shape index (κ3) is 5.63. The molecule has 9 nitrogen and oxygen atoms in total. The molecule has 0 bridgehead atoms. The first-order chi connectivity index (χ1) is 15.2. The molecule has 32 heavy (non-hydrogen) atoms. The molecule has 2 aliphatic rings. The first kappa shape index (κ1) is 23.7. The van der Waals surface area contributed by atoms with E-state index >= 15 is 0 Å². The molecule has 2 amide bonds. The number of carboxylic acid groups (broad SMARTS) is 1. The Kier molecular flexibility index (Phi) is 7.48. The van der Waals surface area contributed by atoms with Gasteiger partial charge in [0, 0.05) is 51.0 Å². The van der Waals surface area contributed by atoms with E-state index in [9.17, 15) is 14.4 Å². The third-order valence-electron chi connectivity index (χ3n) is 5.95. The van der Waals surface area contributed by atoms with Crippen LogP contribution in [0.3, 0.4) is 0 Å². The second kappa shape index (κ2) is 10.1. The lowest BCUT2D eigenvalue weighted by molar-refractivity contribution is -0.148. The van der Waals surface area contributed by atoms with E-state index in [1.54, 1.807) is 18.7 Å². The van der Waals surface area contributed by atoms with Gasteiger partial charge in [0.05, 0.1) is 12.5 Å². The highest BCUT2D eigenvalue weighted by Crippen LogP contribution is 2.29. The summed E-state index contributed by atoms with van der Waals surface area (Å²) < 4.78 is 11.3. The summed E-state index contributed by atoms with van der Waals surface area (Å²) in [6.07, 6.45) is 0.760. The van der Waals surface area contributed by atoms with Gasteiger partial charge in [0.1, 0.15) is 5.75 Å². The third-order valence-corrected chi connectivity index (χ3v) is 5.95. The van der Waals surface area contributed by atoms with Crippen molar-refractivity contribution in [2.75, 3.05) is 50.8 Å². The van der Waals surface area contributed by atoms with Gasteiger partial charge in [-0.15, -0.1) is 0 Å². The predicted molar refractivity (Wildman–Crippen MR) is 119 cm³/mol. The van der Waals surface area contributed by atoms with Crippen LogP contribution in [0, 0.1) is 5.92 Å². The SMILES string of the molecule is CCOC(=O)C1CCCN(c2cccc(OC(C)(C)C(=O)N3CCN(C(=O)O)CC3)c2)C1. The number of nitrogens with zero attached hydrogens (tertiary/aromatic N) is 3. The van der Waals surface area contributed by atoms with E-state index in [2.05, 4.69) is 4.90 Å². The number of hydrogen-bond acceptors (Lipinski definition) is 6. The minimum atomic E-state index is -1.10. The van der Waals surface area contributed by atoms with Crippen LogP contribution in [-0.2, 0) is 14.3 Å². The molecule has 1 aromatic rings.